The first-order valence-electron chi connectivity index (χ1n) is 9.44. The van der Waals surface area contributed by atoms with E-state index in [1.54, 1.807) is 6.07 Å². The van der Waals surface area contributed by atoms with Crippen molar-refractivity contribution in [1.82, 2.24) is 15.0 Å². The van der Waals surface area contributed by atoms with Crippen LogP contribution >= 0.6 is 0 Å². The summed E-state index contributed by atoms with van der Waals surface area (Å²) in [5.41, 5.74) is 2.06. The molecule has 0 aliphatic carbocycles. The first-order chi connectivity index (χ1) is 13.5. The van der Waals surface area contributed by atoms with Gasteiger partial charge in [-0.25, -0.2) is 4.98 Å². The summed E-state index contributed by atoms with van der Waals surface area (Å²) < 4.78 is 5.30. The molecule has 0 spiro atoms. The fourth-order valence-corrected chi connectivity index (χ4v) is 3.35. The van der Waals surface area contributed by atoms with Crippen LogP contribution in [0.4, 0.5) is 5.82 Å². The van der Waals surface area contributed by atoms with Crippen molar-refractivity contribution >= 4 is 18.2 Å². The highest BCUT2D eigenvalue weighted by Gasteiger charge is 2.28. The number of carboxylic acid groups (broad SMARTS) is 1. The zero-order valence-corrected chi connectivity index (χ0v) is 16.6. The van der Waals surface area contributed by atoms with Gasteiger partial charge in [0.05, 0.1) is 5.69 Å². The summed E-state index contributed by atoms with van der Waals surface area (Å²) in [4.78, 5) is 27.3. The van der Waals surface area contributed by atoms with Crippen LogP contribution in [-0.4, -0.2) is 52.7 Å². The number of aromatic nitrogens is 2. The summed E-state index contributed by atoms with van der Waals surface area (Å²) >= 11 is 0. The Morgan fingerprint density at radius 2 is 2.21 bits per heavy atom. The number of hydrogen-bond acceptors (Lipinski definition) is 6. The lowest BCUT2D eigenvalue weighted by Gasteiger charge is -2.32. The van der Waals surface area contributed by atoms with Crippen LogP contribution in [0.15, 0.2) is 28.9 Å². The molecule has 2 aromatic heterocycles. The van der Waals surface area contributed by atoms with Crippen molar-refractivity contribution in [2.75, 3.05) is 25.5 Å². The predicted octanol–water partition coefficient (Wildman–Crippen LogP) is 3.03. The molecular weight excluding hydrogens is 360 g/mol. The third kappa shape index (κ3) is 5.80. The van der Waals surface area contributed by atoms with Gasteiger partial charge in [0.1, 0.15) is 5.82 Å². The van der Waals surface area contributed by atoms with Crippen LogP contribution in [0.1, 0.15) is 54.4 Å². The lowest BCUT2D eigenvalue weighted by Crippen LogP contribution is -2.39. The molecule has 1 unspecified atom stereocenters. The zero-order valence-electron chi connectivity index (χ0n) is 16.6. The highest BCUT2D eigenvalue weighted by atomic mass is 16.5. The Balaban J connectivity index is 0.000000878. The Hall–Kier alpha value is -2.90. The maximum absolute atomic E-state index is 12.8. The van der Waals surface area contributed by atoms with Crippen LogP contribution in [0.2, 0.25) is 0 Å². The monoisotopic (exact) mass is 388 g/mol. The van der Waals surface area contributed by atoms with Crippen LogP contribution < -0.4 is 5.32 Å². The fraction of sp³-hybridized carbons (Fsp3) is 0.500. The quantitative estimate of drug-likeness (QED) is 0.758. The first kappa shape index (κ1) is 21.4. The SMILES string of the molecule is CNc1cc(C2CCCN(C(=O)c3cc(CC(C)C)no3)C2)ccn1.O=CO. The number of hydrogen-bond donors (Lipinski definition) is 2. The van der Waals surface area contributed by atoms with Crippen molar-refractivity contribution < 1.29 is 19.2 Å². The van der Waals surface area contributed by atoms with Gasteiger partial charge in [0, 0.05) is 38.3 Å². The molecule has 1 aliphatic heterocycles. The second kappa shape index (κ2) is 10.4. The maximum Gasteiger partial charge on any atom is 0.292 e. The lowest BCUT2D eigenvalue weighted by molar-refractivity contribution is -0.122. The number of pyridine rings is 1. The van der Waals surface area contributed by atoms with Crippen LogP contribution in [0.25, 0.3) is 0 Å². The second-order valence-electron chi connectivity index (χ2n) is 7.20. The predicted molar refractivity (Wildman–Crippen MR) is 105 cm³/mol. The number of likely N-dealkylation sites (tertiary alicyclic amines) is 1. The van der Waals surface area contributed by atoms with Crippen LogP contribution in [0, 0.1) is 5.92 Å². The molecule has 0 radical (unpaired) electrons. The summed E-state index contributed by atoms with van der Waals surface area (Å²) in [5.74, 6) is 1.96. The Morgan fingerprint density at radius 3 is 2.89 bits per heavy atom. The highest BCUT2D eigenvalue weighted by molar-refractivity contribution is 5.91. The van der Waals surface area contributed by atoms with Gasteiger partial charge < -0.3 is 19.8 Å². The average molecular weight is 388 g/mol. The summed E-state index contributed by atoms with van der Waals surface area (Å²) in [7, 11) is 1.86. The molecule has 0 saturated carbocycles. The van der Waals surface area contributed by atoms with Crippen molar-refractivity contribution in [3.63, 3.8) is 0 Å². The minimum absolute atomic E-state index is 0.0601. The summed E-state index contributed by atoms with van der Waals surface area (Å²) in [5, 5.41) is 14.0. The van der Waals surface area contributed by atoms with E-state index in [2.05, 4.69) is 35.4 Å². The topological polar surface area (TPSA) is 109 Å². The largest absolute Gasteiger partial charge is 0.483 e. The average Bonchev–Trinajstić information content (AvgIpc) is 3.16. The third-order valence-corrected chi connectivity index (χ3v) is 4.61. The number of piperidine rings is 1. The van der Waals surface area contributed by atoms with Gasteiger partial charge in [-0.3, -0.25) is 9.59 Å². The van der Waals surface area contributed by atoms with E-state index in [0.717, 1.165) is 37.3 Å². The van der Waals surface area contributed by atoms with Crippen LogP contribution in [-0.2, 0) is 11.2 Å². The van der Waals surface area contributed by atoms with Gasteiger partial charge >= 0.3 is 0 Å². The van der Waals surface area contributed by atoms with Gasteiger partial charge in [0.25, 0.3) is 12.4 Å². The highest BCUT2D eigenvalue weighted by Crippen LogP contribution is 2.28. The molecule has 28 heavy (non-hydrogen) atoms. The van der Waals surface area contributed by atoms with E-state index >= 15 is 0 Å². The van der Waals surface area contributed by atoms with E-state index < -0.39 is 0 Å². The Bertz CT molecular complexity index is 775. The number of rotatable bonds is 5. The molecule has 2 N–H and O–H groups in total. The molecule has 1 saturated heterocycles. The summed E-state index contributed by atoms with van der Waals surface area (Å²) in [6, 6.07) is 5.89. The molecule has 1 atom stereocenters. The minimum atomic E-state index is -0.250. The molecule has 152 valence electrons. The van der Waals surface area contributed by atoms with E-state index in [4.69, 9.17) is 14.4 Å². The first-order valence-corrected chi connectivity index (χ1v) is 9.44. The van der Waals surface area contributed by atoms with Crippen LogP contribution in [0.3, 0.4) is 0 Å². The van der Waals surface area contributed by atoms with Gasteiger partial charge in [-0.15, -0.1) is 0 Å². The van der Waals surface area contributed by atoms with Crippen molar-refractivity contribution in [1.29, 1.82) is 0 Å². The molecule has 1 amide bonds. The van der Waals surface area contributed by atoms with Crippen molar-refractivity contribution in [2.24, 2.45) is 5.92 Å². The van der Waals surface area contributed by atoms with Gasteiger partial charge in [0.15, 0.2) is 0 Å². The zero-order chi connectivity index (χ0) is 20.5. The van der Waals surface area contributed by atoms with Crippen LogP contribution in [0.5, 0.6) is 0 Å². The number of nitrogens with one attached hydrogen (secondary N) is 1. The Labute approximate surface area is 164 Å². The second-order valence-corrected chi connectivity index (χ2v) is 7.20. The van der Waals surface area contributed by atoms with Gasteiger partial charge in [-0.2, -0.15) is 0 Å². The molecule has 1 aliphatic rings. The third-order valence-electron chi connectivity index (χ3n) is 4.61. The van der Waals surface area contributed by atoms with E-state index in [1.807, 2.05) is 24.2 Å². The smallest absolute Gasteiger partial charge is 0.292 e. The molecule has 3 heterocycles. The Kier molecular flexibility index (Phi) is 7.98. The number of carbonyl (C=O) groups excluding carboxylic acids is 1. The molecule has 3 rings (SSSR count). The summed E-state index contributed by atoms with van der Waals surface area (Å²) in [6.45, 7) is 5.46. The van der Waals surface area contributed by atoms with E-state index in [0.29, 0.717) is 24.1 Å². The standard InChI is InChI=1S/C19H26N4O2.CH2O2/c1-13(2)9-16-11-17(25-22-16)19(24)23-8-4-5-15(12-23)14-6-7-21-18(10-14)20-3;2-1-3/h6-7,10-11,13,15H,4-5,8-9,12H2,1-3H3,(H,20,21);1H,(H,2,3). The maximum atomic E-state index is 12.8. The van der Waals surface area contributed by atoms with E-state index in [-0.39, 0.29) is 12.4 Å². The molecular formula is C20H28N4O4. The number of nitrogens with zero attached hydrogens (tertiary/aromatic N) is 3. The molecule has 8 nitrogen and oxygen atoms in total. The Morgan fingerprint density at radius 1 is 1.46 bits per heavy atom. The molecule has 8 heteroatoms. The van der Waals surface area contributed by atoms with Gasteiger partial charge in [-0.1, -0.05) is 19.0 Å². The normalized spacial score (nSPS) is 16.3. The molecule has 2 aromatic rings. The molecule has 0 aromatic carbocycles. The van der Waals surface area contributed by atoms with Gasteiger partial charge in [-0.05, 0) is 42.9 Å². The summed E-state index contributed by atoms with van der Waals surface area (Å²) in [6.07, 6.45) is 4.70. The number of amides is 1. The van der Waals surface area contributed by atoms with Gasteiger partial charge in [0.2, 0.25) is 5.76 Å². The fourth-order valence-electron chi connectivity index (χ4n) is 3.35. The van der Waals surface area contributed by atoms with Crippen molar-refractivity contribution in [3.8, 4) is 0 Å². The number of anilines is 1. The molecule has 0 bridgehead atoms. The van der Waals surface area contributed by atoms with E-state index in [1.165, 1.54) is 5.56 Å². The molecule has 1 fully saturated rings. The van der Waals surface area contributed by atoms with Crippen molar-refractivity contribution in [3.05, 3.63) is 41.4 Å². The van der Waals surface area contributed by atoms with E-state index in [9.17, 15) is 4.79 Å². The number of carbonyl (C=O) groups is 2. The van der Waals surface area contributed by atoms with Crippen molar-refractivity contribution in [2.45, 2.75) is 39.0 Å². The minimum Gasteiger partial charge on any atom is -0.483 e. The lowest BCUT2D eigenvalue weighted by atomic mass is 9.91.